The molecule has 9 heteroatoms. The van der Waals surface area contributed by atoms with Gasteiger partial charge in [0.05, 0.1) is 30.5 Å². The number of anilines is 2. The summed E-state index contributed by atoms with van der Waals surface area (Å²) in [5, 5.41) is 7.30. The van der Waals surface area contributed by atoms with E-state index in [2.05, 4.69) is 44.6 Å². The number of aromatic nitrogens is 2. The van der Waals surface area contributed by atoms with Crippen LogP contribution in [0.3, 0.4) is 0 Å². The SMILES string of the molecule is CC(Nc1ncnc2cc(OCC3CCCO3)c(NC(=O)C=CCN3CCOCC3)cc12)c1ccccc1. The van der Waals surface area contributed by atoms with Gasteiger partial charge >= 0.3 is 0 Å². The number of morpholine rings is 1. The molecule has 2 fully saturated rings. The van der Waals surface area contributed by atoms with E-state index in [-0.39, 0.29) is 18.1 Å². The van der Waals surface area contributed by atoms with Gasteiger partial charge in [-0.1, -0.05) is 36.4 Å². The number of hydrogen-bond acceptors (Lipinski definition) is 8. The summed E-state index contributed by atoms with van der Waals surface area (Å²) in [6.07, 6.45) is 7.04. The molecule has 2 aromatic carbocycles. The second kappa shape index (κ2) is 12.8. The number of ether oxygens (including phenoxy) is 3. The van der Waals surface area contributed by atoms with Crippen LogP contribution in [0.5, 0.6) is 5.75 Å². The van der Waals surface area contributed by atoms with Crippen molar-refractivity contribution in [1.82, 2.24) is 14.9 Å². The fraction of sp³-hybridized carbons (Fsp3) is 0.414. The molecule has 2 atom stereocenters. The van der Waals surface area contributed by atoms with Crippen molar-refractivity contribution in [3.05, 3.63) is 66.5 Å². The summed E-state index contributed by atoms with van der Waals surface area (Å²) in [7, 11) is 0. The van der Waals surface area contributed by atoms with Crippen molar-refractivity contribution in [2.24, 2.45) is 0 Å². The zero-order valence-electron chi connectivity index (χ0n) is 21.8. The van der Waals surface area contributed by atoms with E-state index in [0.29, 0.717) is 30.4 Å². The topological polar surface area (TPSA) is 97.8 Å². The Labute approximate surface area is 223 Å². The first-order valence-corrected chi connectivity index (χ1v) is 13.3. The third-order valence-electron chi connectivity index (χ3n) is 6.83. The van der Waals surface area contributed by atoms with Crippen LogP contribution in [0.2, 0.25) is 0 Å². The van der Waals surface area contributed by atoms with E-state index in [1.54, 1.807) is 12.4 Å². The zero-order valence-corrected chi connectivity index (χ0v) is 21.8. The Hall–Kier alpha value is -3.53. The first kappa shape index (κ1) is 26.1. The van der Waals surface area contributed by atoms with Crippen molar-refractivity contribution < 1.29 is 19.0 Å². The molecule has 3 heterocycles. The molecule has 2 aliphatic heterocycles. The van der Waals surface area contributed by atoms with Crippen molar-refractivity contribution in [3.63, 3.8) is 0 Å². The van der Waals surface area contributed by atoms with Crippen molar-refractivity contribution >= 4 is 28.3 Å². The van der Waals surface area contributed by atoms with Crippen LogP contribution in [0.4, 0.5) is 11.5 Å². The van der Waals surface area contributed by atoms with Gasteiger partial charge in [0.15, 0.2) is 0 Å². The minimum absolute atomic E-state index is 0.0332. The fourth-order valence-corrected chi connectivity index (χ4v) is 4.67. The van der Waals surface area contributed by atoms with Crippen molar-refractivity contribution in [2.45, 2.75) is 31.9 Å². The number of amides is 1. The van der Waals surface area contributed by atoms with E-state index in [1.807, 2.05) is 36.4 Å². The Balaban J connectivity index is 1.37. The highest BCUT2D eigenvalue weighted by atomic mass is 16.5. The van der Waals surface area contributed by atoms with Crippen LogP contribution >= 0.6 is 0 Å². The maximum Gasteiger partial charge on any atom is 0.248 e. The molecular weight excluding hydrogens is 482 g/mol. The summed E-state index contributed by atoms with van der Waals surface area (Å²) in [6, 6.07) is 14.0. The third-order valence-corrected chi connectivity index (χ3v) is 6.83. The standard InChI is InChI=1S/C29H35N5O4/c1-21(22-7-3-2-4-8-22)32-29-24-17-26(33-28(35)10-5-11-34-12-15-36-16-13-34)27(18-25(24)30-20-31-29)38-19-23-9-6-14-37-23/h2-5,7-8,10,17-18,20-21,23H,6,9,11-16,19H2,1H3,(H,33,35)(H,30,31,32). The molecule has 0 spiro atoms. The van der Waals surface area contributed by atoms with Crippen LogP contribution in [-0.4, -0.2) is 72.9 Å². The molecule has 0 aliphatic carbocycles. The normalized spacial score (nSPS) is 19.0. The molecule has 3 aromatic rings. The summed E-state index contributed by atoms with van der Waals surface area (Å²) in [5.41, 5.74) is 2.45. The number of hydrogen-bond donors (Lipinski definition) is 2. The molecule has 2 saturated heterocycles. The summed E-state index contributed by atoms with van der Waals surface area (Å²) in [6.45, 7) is 7.16. The Kier molecular flexibility index (Phi) is 8.80. The number of carbonyl (C=O) groups excluding carboxylic acids is 1. The molecule has 2 N–H and O–H groups in total. The van der Waals surface area contributed by atoms with Gasteiger partial charge < -0.3 is 24.8 Å². The first-order valence-electron chi connectivity index (χ1n) is 13.3. The second-order valence-electron chi connectivity index (χ2n) is 9.62. The van der Waals surface area contributed by atoms with E-state index in [0.717, 1.165) is 62.2 Å². The Morgan fingerprint density at radius 1 is 1.18 bits per heavy atom. The van der Waals surface area contributed by atoms with Gasteiger partial charge in [0.1, 0.15) is 24.5 Å². The molecule has 0 saturated carbocycles. The number of rotatable bonds is 10. The van der Waals surface area contributed by atoms with E-state index in [9.17, 15) is 4.79 Å². The van der Waals surface area contributed by atoms with Crippen LogP contribution in [0.25, 0.3) is 10.9 Å². The average Bonchev–Trinajstić information content (AvgIpc) is 3.47. The highest BCUT2D eigenvalue weighted by molar-refractivity contribution is 6.03. The Bertz CT molecular complexity index is 1240. The lowest BCUT2D eigenvalue weighted by Crippen LogP contribution is -2.36. The molecule has 9 nitrogen and oxygen atoms in total. The van der Waals surface area contributed by atoms with Crippen LogP contribution < -0.4 is 15.4 Å². The lowest BCUT2D eigenvalue weighted by atomic mass is 10.1. The van der Waals surface area contributed by atoms with E-state index in [1.165, 1.54) is 0 Å². The minimum Gasteiger partial charge on any atom is -0.489 e. The molecule has 5 rings (SSSR count). The fourth-order valence-electron chi connectivity index (χ4n) is 4.67. The average molecular weight is 518 g/mol. The van der Waals surface area contributed by atoms with Crippen LogP contribution in [0.15, 0.2) is 60.9 Å². The maximum atomic E-state index is 12.9. The summed E-state index contributed by atoms with van der Waals surface area (Å²) < 4.78 is 17.3. The zero-order chi connectivity index (χ0) is 26.2. The maximum absolute atomic E-state index is 12.9. The van der Waals surface area contributed by atoms with Crippen molar-refractivity contribution in [3.8, 4) is 5.75 Å². The van der Waals surface area contributed by atoms with Crippen molar-refractivity contribution in [1.29, 1.82) is 0 Å². The Morgan fingerprint density at radius 2 is 2.03 bits per heavy atom. The number of fused-ring (bicyclic) bond motifs is 1. The molecule has 2 unspecified atom stereocenters. The molecule has 1 amide bonds. The predicted molar refractivity (Wildman–Crippen MR) is 148 cm³/mol. The number of carbonyl (C=O) groups is 1. The largest absolute Gasteiger partial charge is 0.489 e. The lowest BCUT2D eigenvalue weighted by molar-refractivity contribution is -0.111. The van der Waals surface area contributed by atoms with Gasteiger partial charge in [-0.15, -0.1) is 0 Å². The molecule has 2 aliphatic rings. The summed E-state index contributed by atoms with van der Waals surface area (Å²) in [5.74, 6) is 1.03. The number of benzene rings is 2. The molecule has 1 aromatic heterocycles. The second-order valence-corrected chi connectivity index (χ2v) is 9.62. The summed E-state index contributed by atoms with van der Waals surface area (Å²) >= 11 is 0. The highest BCUT2D eigenvalue weighted by Gasteiger charge is 2.19. The van der Waals surface area contributed by atoms with E-state index >= 15 is 0 Å². The van der Waals surface area contributed by atoms with Crippen LogP contribution in [-0.2, 0) is 14.3 Å². The van der Waals surface area contributed by atoms with Crippen LogP contribution in [0.1, 0.15) is 31.4 Å². The predicted octanol–water partition coefficient (Wildman–Crippen LogP) is 4.19. The summed E-state index contributed by atoms with van der Waals surface area (Å²) in [4.78, 5) is 24.1. The smallest absolute Gasteiger partial charge is 0.248 e. The molecular formula is C29H35N5O4. The quantitative estimate of drug-likeness (QED) is 0.387. The van der Waals surface area contributed by atoms with Gasteiger partial charge in [-0.05, 0) is 31.4 Å². The van der Waals surface area contributed by atoms with Gasteiger partial charge in [-0.25, -0.2) is 9.97 Å². The van der Waals surface area contributed by atoms with Gasteiger partial charge in [-0.2, -0.15) is 0 Å². The number of nitrogens with zero attached hydrogens (tertiary/aromatic N) is 3. The van der Waals surface area contributed by atoms with Gasteiger partial charge in [0.25, 0.3) is 0 Å². The van der Waals surface area contributed by atoms with Crippen molar-refractivity contribution in [2.75, 3.05) is 56.7 Å². The first-order chi connectivity index (χ1) is 18.7. The van der Waals surface area contributed by atoms with E-state index < -0.39 is 0 Å². The molecule has 38 heavy (non-hydrogen) atoms. The molecule has 0 radical (unpaired) electrons. The van der Waals surface area contributed by atoms with Gasteiger partial charge in [0, 0.05) is 49.8 Å². The van der Waals surface area contributed by atoms with E-state index in [4.69, 9.17) is 14.2 Å². The van der Waals surface area contributed by atoms with Crippen LogP contribution in [0, 0.1) is 0 Å². The lowest BCUT2D eigenvalue weighted by Gasteiger charge is -2.25. The Morgan fingerprint density at radius 3 is 2.82 bits per heavy atom. The minimum atomic E-state index is -0.219. The molecule has 0 bridgehead atoms. The van der Waals surface area contributed by atoms with Gasteiger partial charge in [-0.3, -0.25) is 9.69 Å². The number of nitrogens with one attached hydrogen (secondary N) is 2. The molecule has 200 valence electrons. The van der Waals surface area contributed by atoms with Gasteiger partial charge in [0.2, 0.25) is 5.91 Å². The highest BCUT2D eigenvalue weighted by Crippen LogP contribution is 2.34. The third kappa shape index (κ3) is 6.86. The monoisotopic (exact) mass is 517 g/mol.